The van der Waals surface area contributed by atoms with Crippen LogP contribution < -0.4 is 4.74 Å². The van der Waals surface area contributed by atoms with Gasteiger partial charge in [0.15, 0.2) is 0 Å². The van der Waals surface area contributed by atoms with Gasteiger partial charge < -0.3 is 14.4 Å². The minimum Gasteiger partial charge on any atom is -0.492 e. The molecule has 0 fully saturated rings. The van der Waals surface area contributed by atoms with E-state index in [-0.39, 0.29) is 0 Å². The van der Waals surface area contributed by atoms with Crippen LogP contribution in [0, 0.1) is 0 Å². The standard InChI is InChI=1S/C15H23NO2/c1-16-9-12-17-11-5-4-7-14-6-2-3-8-15(14)18-13-10-16/h2-3,6,8H,4-5,7,9-13H2,1H3. The van der Waals surface area contributed by atoms with Gasteiger partial charge in [-0.25, -0.2) is 0 Å². The first-order valence-corrected chi connectivity index (χ1v) is 6.83. The maximum Gasteiger partial charge on any atom is 0.122 e. The van der Waals surface area contributed by atoms with Gasteiger partial charge in [0.25, 0.3) is 0 Å². The molecule has 18 heavy (non-hydrogen) atoms. The highest BCUT2D eigenvalue weighted by Gasteiger charge is 2.05. The van der Waals surface area contributed by atoms with Gasteiger partial charge in [0.05, 0.1) is 6.61 Å². The van der Waals surface area contributed by atoms with E-state index in [1.165, 1.54) is 5.56 Å². The van der Waals surface area contributed by atoms with Crippen molar-refractivity contribution in [2.24, 2.45) is 0 Å². The second-order valence-electron chi connectivity index (χ2n) is 4.83. The lowest BCUT2D eigenvalue weighted by atomic mass is 10.1. The van der Waals surface area contributed by atoms with Gasteiger partial charge in [0, 0.05) is 19.7 Å². The first-order chi connectivity index (χ1) is 8.86. The van der Waals surface area contributed by atoms with Crippen molar-refractivity contribution in [2.45, 2.75) is 19.3 Å². The topological polar surface area (TPSA) is 21.7 Å². The van der Waals surface area contributed by atoms with E-state index in [1.54, 1.807) is 0 Å². The van der Waals surface area contributed by atoms with E-state index in [4.69, 9.17) is 9.47 Å². The van der Waals surface area contributed by atoms with Crippen LogP contribution >= 0.6 is 0 Å². The molecule has 1 heterocycles. The summed E-state index contributed by atoms with van der Waals surface area (Å²) in [5.41, 5.74) is 1.32. The Morgan fingerprint density at radius 3 is 2.78 bits per heavy atom. The fourth-order valence-electron chi connectivity index (χ4n) is 2.12. The van der Waals surface area contributed by atoms with Crippen LogP contribution in [0.15, 0.2) is 24.3 Å². The third-order valence-electron chi connectivity index (χ3n) is 3.31. The number of fused-ring (bicyclic) bond motifs is 1. The number of rotatable bonds is 0. The number of likely N-dealkylation sites (N-methyl/N-ethyl adjacent to an activating group) is 1. The molecule has 2 rings (SSSR count). The Morgan fingerprint density at radius 2 is 1.83 bits per heavy atom. The quantitative estimate of drug-likeness (QED) is 0.704. The van der Waals surface area contributed by atoms with Crippen LogP contribution in [-0.4, -0.2) is 44.9 Å². The molecular weight excluding hydrogens is 226 g/mol. The second-order valence-corrected chi connectivity index (χ2v) is 4.83. The van der Waals surface area contributed by atoms with Gasteiger partial charge >= 0.3 is 0 Å². The molecule has 3 heteroatoms. The van der Waals surface area contributed by atoms with E-state index >= 15 is 0 Å². The van der Waals surface area contributed by atoms with Crippen molar-refractivity contribution in [1.82, 2.24) is 4.90 Å². The third-order valence-corrected chi connectivity index (χ3v) is 3.31. The average Bonchev–Trinajstić information content (AvgIpc) is 2.40. The van der Waals surface area contributed by atoms with Crippen molar-refractivity contribution in [3.05, 3.63) is 29.8 Å². The van der Waals surface area contributed by atoms with E-state index in [2.05, 4.69) is 30.1 Å². The Kier molecular flexibility index (Phi) is 5.49. The largest absolute Gasteiger partial charge is 0.492 e. The maximum absolute atomic E-state index is 5.89. The lowest BCUT2D eigenvalue weighted by molar-refractivity contribution is 0.105. The molecule has 0 amide bonds. The van der Waals surface area contributed by atoms with E-state index in [0.29, 0.717) is 0 Å². The number of nitrogens with zero attached hydrogens (tertiary/aromatic N) is 1. The van der Waals surface area contributed by atoms with E-state index < -0.39 is 0 Å². The van der Waals surface area contributed by atoms with Gasteiger partial charge in [-0.2, -0.15) is 0 Å². The molecule has 3 nitrogen and oxygen atoms in total. The summed E-state index contributed by atoms with van der Waals surface area (Å²) in [6.07, 6.45) is 3.36. The zero-order valence-electron chi connectivity index (χ0n) is 11.2. The Hall–Kier alpha value is -1.06. The van der Waals surface area contributed by atoms with E-state index in [1.807, 2.05) is 6.07 Å². The van der Waals surface area contributed by atoms with Crippen LogP contribution in [0.5, 0.6) is 5.75 Å². The fraction of sp³-hybridized carbons (Fsp3) is 0.600. The zero-order chi connectivity index (χ0) is 12.6. The number of ether oxygens (including phenoxy) is 2. The Morgan fingerprint density at radius 1 is 1.00 bits per heavy atom. The molecule has 0 aromatic heterocycles. The summed E-state index contributed by atoms with van der Waals surface area (Å²) in [7, 11) is 2.11. The highest BCUT2D eigenvalue weighted by Crippen LogP contribution is 2.20. The summed E-state index contributed by atoms with van der Waals surface area (Å²) in [6, 6.07) is 8.37. The molecule has 1 aliphatic heterocycles. The van der Waals surface area contributed by atoms with Crippen LogP contribution in [0.25, 0.3) is 0 Å². The summed E-state index contributed by atoms with van der Waals surface area (Å²) in [5.74, 6) is 1.05. The predicted octanol–water partition coefficient (Wildman–Crippen LogP) is 2.35. The van der Waals surface area contributed by atoms with Gasteiger partial charge in [0.2, 0.25) is 0 Å². The monoisotopic (exact) mass is 249 g/mol. The van der Waals surface area contributed by atoms with Gasteiger partial charge in [-0.3, -0.25) is 0 Å². The Labute approximate surface area is 110 Å². The van der Waals surface area contributed by atoms with Gasteiger partial charge in [0.1, 0.15) is 12.4 Å². The number of aryl methyl sites for hydroxylation is 1. The molecule has 0 spiro atoms. The average molecular weight is 249 g/mol. The number of benzene rings is 1. The molecule has 0 saturated carbocycles. The van der Waals surface area contributed by atoms with Crippen molar-refractivity contribution in [3.8, 4) is 5.75 Å². The number of hydrogen-bond donors (Lipinski definition) is 0. The van der Waals surface area contributed by atoms with Gasteiger partial charge in [-0.1, -0.05) is 18.2 Å². The SMILES string of the molecule is CN1CCOCCCCc2ccccc2OCC1. The van der Waals surface area contributed by atoms with Crippen molar-refractivity contribution in [1.29, 1.82) is 0 Å². The molecule has 0 atom stereocenters. The van der Waals surface area contributed by atoms with Crippen molar-refractivity contribution < 1.29 is 9.47 Å². The zero-order valence-corrected chi connectivity index (χ0v) is 11.2. The first-order valence-electron chi connectivity index (χ1n) is 6.83. The van der Waals surface area contributed by atoms with Crippen LogP contribution in [-0.2, 0) is 11.2 Å². The summed E-state index contributed by atoms with van der Waals surface area (Å²) in [4.78, 5) is 2.25. The highest BCUT2D eigenvalue weighted by molar-refractivity contribution is 5.33. The first kappa shape index (κ1) is 13.4. The molecule has 1 aromatic carbocycles. The molecule has 0 N–H and O–H groups in total. The highest BCUT2D eigenvalue weighted by atomic mass is 16.5. The molecule has 0 aliphatic carbocycles. The lowest BCUT2D eigenvalue weighted by Crippen LogP contribution is -2.28. The predicted molar refractivity (Wildman–Crippen MR) is 73.2 cm³/mol. The molecule has 0 radical (unpaired) electrons. The second kappa shape index (κ2) is 7.39. The Bertz CT molecular complexity index is 354. The molecule has 0 unspecified atom stereocenters. The lowest BCUT2D eigenvalue weighted by Gasteiger charge is -2.17. The fourth-order valence-corrected chi connectivity index (χ4v) is 2.12. The summed E-state index contributed by atoms with van der Waals surface area (Å²) < 4.78 is 11.5. The van der Waals surface area contributed by atoms with Crippen LogP contribution in [0.4, 0.5) is 0 Å². The number of hydrogen-bond acceptors (Lipinski definition) is 3. The summed E-state index contributed by atoms with van der Waals surface area (Å²) in [5, 5.41) is 0. The molecule has 0 bridgehead atoms. The smallest absolute Gasteiger partial charge is 0.122 e. The van der Waals surface area contributed by atoms with Crippen LogP contribution in [0.1, 0.15) is 18.4 Å². The molecular formula is C15H23NO2. The summed E-state index contributed by atoms with van der Waals surface area (Å²) in [6.45, 7) is 4.36. The maximum atomic E-state index is 5.89. The third kappa shape index (κ3) is 4.31. The van der Waals surface area contributed by atoms with Gasteiger partial charge in [-0.15, -0.1) is 0 Å². The molecule has 100 valence electrons. The van der Waals surface area contributed by atoms with E-state index in [9.17, 15) is 0 Å². The van der Waals surface area contributed by atoms with Crippen molar-refractivity contribution >= 4 is 0 Å². The normalized spacial score (nSPS) is 19.8. The minimum absolute atomic E-state index is 0.744. The van der Waals surface area contributed by atoms with Crippen LogP contribution in [0.3, 0.4) is 0 Å². The minimum atomic E-state index is 0.744. The van der Waals surface area contributed by atoms with Gasteiger partial charge in [-0.05, 0) is 37.9 Å². The molecule has 1 aromatic rings. The van der Waals surface area contributed by atoms with Crippen molar-refractivity contribution in [2.75, 3.05) is 40.0 Å². The Balaban J connectivity index is 1.98. The van der Waals surface area contributed by atoms with Crippen molar-refractivity contribution in [3.63, 3.8) is 0 Å². The number of para-hydroxylation sites is 1. The van der Waals surface area contributed by atoms with E-state index in [0.717, 1.165) is 57.9 Å². The molecule has 0 saturated heterocycles. The summed E-state index contributed by atoms with van der Waals surface area (Å²) >= 11 is 0. The van der Waals surface area contributed by atoms with Crippen LogP contribution in [0.2, 0.25) is 0 Å². The molecule has 1 aliphatic rings.